The molecule has 4 aromatic rings. The highest BCUT2D eigenvalue weighted by Gasteiger charge is 2.34. The number of amides is 2. The maximum absolute atomic E-state index is 14.6. The normalized spacial score (nSPS) is 12.1. The summed E-state index contributed by atoms with van der Waals surface area (Å²) in [5.41, 5.74) is 3.74. The largest absolute Gasteiger partial charge is 0.354 e. The maximum Gasteiger partial charge on any atom is 0.264 e. The van der Waals surface area contributed by atoms with Crippen LogP contribution < -0.4 is 9.62 Å². The van der Waals surface area contributed by atoms with Crippen molar-refractivity contribution in [1.82, 2.24) is 10.2 Å². The molecule has 4 rings (SSSR count). The zero-order valence-corrected chi connectivity index (χ0v) is 28.7. The van der Waals surface area contributed by atoms with Crippen LogP contribution in [0.15, 0.2) is 102 Å². The standard InChI is InChI=1S/C36H39Cl2N3O4S/c1-25(2)22-39-36(43)34(21-28-9-6-5-7-10-28)40(23-29-11-8-12-31(38)20-29)35(42)24-41(32-16-13-26(3)27(4)19-32)46(44,45)33-17-14-30(37)15-18-33/h5-20,25,34H,21-24H2,1-4H3,(H,39,43)/t34-/m1/s1. The molecule has 242 valence electrons. The van der Waals surface area contributed by atoms with Gasteiger partial charge < -0.3 is 10.2 Å². The van der Waals surface area contributed by atoms with Crippen molar-refractivity contribution in [2.24, 2.45) is 5.92 Å². The van der Waals surface area contributed by atoms with E-state index >= 15 is 0 Å². The van der Waals surface area contributed by atoms with Crippen molar-refractivity contribution < 1.29 is 18.0 Å². The van der Waals surface area contributed by atoms with E-state index < -0.39 is 28.5 Å². The highest BCUT2D eigenvalue weighted by atomic mass is 35.5. The van der Waals surface area contributed by atoms with Gasteiger partial charge >= 0.3 is 0 Å². The average Bonchev–Trinajstić information content (AvgIpc) is 3.02. The highest BCUT2D eigenvalue weighted by molar-refractivity contribution is 7.92. The number of aryl methyl sites for hydroxylation is 2. The number of carbonyl (C=O) groups is 2. The minimum atomic E-state index is -4.23. The fraction of sp³-hybridized carbons (Fsp3) is 0.278. The Balaban J connectivity index is 1.82. The molecular weight excluding hydrogens is 641 g/mol. The second-order valence-corrected chi connectivity index (χ2v) is 14.5. The Labute approximate surface area is 282 Å². The first-order chi connectivity index (χ1) is 21.8. The van der Waals surface area contributed by atoms with Gasteiger partial charge in [-0.15, -0.1) is 0 Å². The summed E-state index contributed by atoms with van der Waals surface area (Å²) in [4.78, 5) is 29.9. The predicted octanol–water partition coefficient (Wildman–Crippen LogP) is 7.22. The van der Waals surface area contributed by atoms with Crippen LogP contribution in [0.4, 0.5) is 5.69 Å². The first-order valence-corrected chi connectivity index (χ1v) is 17.3. The molecule has 0 unspecified atom stereocenters. The molecule has 46 heavy (non-hydrogen) atoms. The lowest BCUT2D eigenvalue weighted by Gasteiger charge is -2.34. The van der Waals surface area contributed by atoms with Gasteiger partial charge in [0.15, 0.2) is 0 Å². The molecule has 2 amide bonds. The Kier molecular flexibility index (Phi) is 11.9. The fourth-order valence-corrected chi connectivity index (χ4v) is 6.70. The van der Waals surface area contributed by atoms with Gasteiger partial charge in [0.25, 0.3) is 10.0 Å². The van der Waals surface area contributed by atoms with Gasteiger partial charge in [0.2, 0.25) is 11.8 Å². The van der Waals surface area contributed by atoms with Crippen LogP contribution in [0.25, 0.3) is 0 Å². The number of rotatable bonds is 13. The van der Waals surface area contributed by atoms with Crippen LogP contribution in [0.2, 0.25) is 10.0 Å². The summed E-state index contributed by atoms with van der Waals surface area (Å²) in [6, 6.07) is 26.6. The van der Waals surface area contributed by atoms with E-state index in [0.717, 1.165) is 21.0 Å². The molecule has 0 aliphatic heterocycles. The van der Waals surface area contributed by atoms with Crippen LogP contribution >= 0.6 is 23.2 Å². The summed E-state index contributed by atoms with van der Waals surface area (Å²) in [6.45, 7) is 7.70. The monoisotopic (exact) mass is 679 g/mol. The third-order valence-electron chi connectivity index (χ3n) is 7.66. The van der Waals surface area contributed by atoms with Gasteiger partial charge in [0.05, 0.1) is 10.6 Å². The number of carbonyl (C=O) groups excluding carboxylic acids is 2. The van der Waals surface area contributed by atoms with Gasteiger partial charge in [-0.2, -0.15) is 0 Å². The van der Waals surface area contributed by atoms with Crippen molar-refractivity contribution in [3.05, 3.63) is 129 Å². The summed E-state index contributed by atoms with van der Waals surface area (Å²) in [5, 5.41) is 3.86. The molecule has 0 saturated carbocycles. The van der Waals surface area contributed by atoms with E-state index in [-0.39, 0.29) is 29.7 Å². The third-order valence-corrected chi connectivity index (χ3v) is 9.93. The number of halogens is 2. The smallest absolute Gasteiger partial charge is 0.264 e. The van der Waals surface area contributed by atoms with E-state index in [1.165, 1.54) is 29.2 Å². The molecule has 4 aromatic carbocycles. The SMILES string of the molecule is Cc1ccc(N(CC(=O)N(Cc2cccc(Cl)c2)[C@H](Cc2ccccc2)C(=O)NCC(C)C)S(=O)(=O)c2ccc(Cl)cc2)cc1C. The van der Waals surface area contributed by atoms with Crippen LogP contribution in [0.5, 0.6) is 0 Å². The van der Waals surface area contributed by atoms with Gasteiger partial charge in [0.1, 0.15) is 12.6 Å². The van der Waals surface area contributed by atoms with E-state index in [4.69, 9.17) is 23.2 Å². The lowest BCUT2D eigenvalue weighted by molar-refractivity contribution is -0.140. The molecule has 0 radical (unpaired) electrons. The Morgan fingerprint density at radius 3 is 2.09 bits per heavy atom. The van der Waals surface area contributed by atoms with Crippen molar-refractivity contribution in [1.29, 1.82) is 0 Å². The molecule has 0 aromatic heterocycles. The van der Waals surface area contributed by atoms with Gasteiger partial charge in [0, 0.05) is 29.6 Å². The summed E-state index contributed by atoms with van der Waals surface area (Å²) in [5.74, 6) is -0.689. The summed E-state index contributed by atoms with van der Waals surface area (Å²) in [6.07, 6.45) is 0.227. The van der Waals surface area contributed by atoms with E-state index in [0.29, 0.717) is 27.8 Å². The molecule has 0 saturated heterocycles. The van der Waals surface area contributed by atoms with Gasteiger partial charge in [-0.05, 0) is 90.6 Å². The molecule has 7 nitrogen and oxygen atoms in total. The van der Waals surface area contributed by atoms with Crippen molar-refractivity contribution in [3.8, 4) is 0 Å². The molecule has 0 heterocycles. The van der Waals surface area contributed by atoms with Gasteiger partial charge in [-0.25, -0.2) is 8.42 Å². The van der Waals surface area contributed by atoms with E-state index in [2.05, 4.69) is 5.32 Å². The summed E-state index contributed by atoms with van der Waals surface area (Å²) < 4.78 is 29.5. The Morgan fingerprint density at radius 2 is 1.46 bits per heavy atom. The molecule has 0 aliphatic rings. The molecule has 0 spiro atoms. The average molecular weight is 681 g/mol. The second kappa shape index (κ2) is 15.6. The van der Waals surface area contributed by atoms with Crippen molar-refractivity contribution >= 4 is 50.7 Å². The lowest BCUT2D eigenvalue weighted by Crippen LogP contribution is -2.53. The Morgan fingerprint density at radius 1 is 0.783 bits per heavy atom. The zero-order valence-electron chi connectivity index (χ0n) is 26.4. The number of hydrogen-bond donors (Lipinski definition) is 1. The molecule has 1 N–H and O–H groups in total. The molecule has 0 fully saturated rings. The minimum Gasteiger partial charge on any atom is -0.354 e. The third kappa shape index (κ3) is 9.12. The van der Waals surface area contributed by atoms with Crippen molar-refractivity contribution in [3.63, 3.8) is 0 Å². The van der Waals surface area contributed by atoms with Crippen LogP contribution in [0, 0.1) is 19.8 Å². The quantitative estimate of drug-likeness (QED) is 0.162. The lowest BCUT2D eigenvalue weighted by atomic mass is 10.0. The minimum absolute atomic E-state index is 0.0140. The molecule has 1 atom stereocenters. The number of benzene rings is 4. The number of hydrogen-bond acceptors (Lipinski definition) is 4. The second-order valence-electron chi connectivity index (χ2n) is 11.7. The van der Waals surface area contributed by atoms with Crippen LogP contribution in [0.3, 0.4) is 0 Å². The molecule has 10 heteroatoms. The van der Waals surface area contributed by atoms with E-state index in [1.54, 1.807) is 30.3 Å². The zero-order chi connectivity index (χ0) is 33.4. The molecular formula is C36H39Cl2N3O4S. The van der Waals surface area contributed by atoms with E-state index in [1.807, 2.05) is 70.2 Å². The topological polar surface area (TPSA) is 86.8 Å². The molecule has 0 aliphatic carbocycles. The van der Waals surface area contributed by atoms with Crippen molar-refractivity contribution in [2.75, 3.05) is 17.4 Å². The first kappa shape index (κ1) is 35.0. The molecule has 0 bridgehead atoms. The fourth-order valence-electron chi connectivity index (χ4n) is 4.95. The van der Waals surface area contributed by atoms with Crippen LogP contribution in [0.1, 0.15) is 36.1 Å². The van der Waals surface area contributed by atoms with Crippen LogP contribution in [-0.4, -0.2) is 44.3 Å². The van der Waals surface area contributed by atoms with E-state index in [9.17, 15) is 18.0 Å². The maximum atomic E-state index is 14.6. The number of sulfonamides is 1. The first-order valence-electron chi connectivity index (χ1n) is 15.1. The highest BCUT2D eigenvalue weighted by Crippen LogP contribution is 2.28. The number of nitrogens with one attached hydrogen (secondary N) is 1. The van der Waals surface area contributed by atoms with Crippen molar-refractivity contribution in [2.45, 2.75) is 51.6 Å². The van der Waals surface area contributed by atoms with Crippen LogP contribution in [-0.2, 0) is 32.6 Å². The Bertz CT molecular complexity index is 1760. The van der Waals surface area contributed by atoms with Gasteiger partial charge in [-0.3, -0.25) is 13.9 Å². The number of nitrogens with zero attached hydrogens (tertiary/aromatic N) is 2. The Hall–Kier alpha value is -3.85. The summed E-state index contributed by atoms with van der Waals surface area (Å²) >= 11 is 12.4. The number of anilines is 1. The van der Waals surface area contributed by atoms with Gasteiger partial charge in [-0.1, -0.05) is 85.6 Å². The summed E-state index contributed by atoms with van der Waals surface area (Å²) in [7, 11) is -4.23. The predicted molar refractivity (Wildman–Crippen MR) is 186 cm³/mol.